The molecule has 20 heavy (non-hydrogen) atoms. The summed E-state index contributed by atoms with van der Waals surface area (Å²) >= 11 is 0. The molecule has 3 nitrogen and oxygen atoms in total. The first kappa shape index (κ1) is 12.9. The summed E-state index contributed by atoms with van der Waals surface area (Å²) in [6, 6.07) is 0.531. The molecule has 1 unspecified atom stereocenters. The lowest BCUT2D eigenvalue weighted by molar-refractivity contribution is -0.0523. The SMILES string of the molecule is CCNC(c1cnn(C)c1)C1C2CC3CC(C2)CC1C3. The lowest BCUT2D eigenvalue weighted by atomic mass is 9.50. The normalized spacial score (nSPS) is 40.2. The van der Waals surface area contributed by atoms with Crippen LogP contribution in [0.3, 0.4) is 0 Å². The second-order valence-corrected chi connectivity index (χ2v) is 7.49. The molecule has 0 aromatic carbocycles. The first-order valence-corrected chi connectivity index (χ1v) is 8.46. The Labute approximate surface area is 122 Å². The van der Waals surface area contributed by atoms with Crippen molar-refractivity contribution in [2.24, 2.45) is 36.6 Å². The Bertz CT molecular complexity index is 450. The number of aryl methyl sites for hydroxylation is 1. The number of nitrogens with zero attached hydrogens (tertiary/aromatic N) is 2. The van der Waals surface area contributed by atoms with Crippen LogP contribution in [0.1, 0.15) is 50.6 Å². The Kier molecular flexibility index (Phi) is 3.13. The van der Waals surface area contributed by atoms with Crippen molar-refractivity contribution in [1.29, 1.82) is 0 Å². The second kappa shape index (κ2) is 4.87. The monoisotopic (exact) mass is 273 g/mol. The molecule has 4 bridgehead atoms. The third-order valence-corrected chi connectivity index (χ3v) is 6.19. The molecule has 4 fully saturated rings. The zero-order valence-corrected chi connectivity index (χ0v) is 12.8. The Morgan fingerprint density at radius 1 is 1.20 bits per heavy atom. The Hall–Kier alpha value is -0.830. The highest BCUT2D eigenvalue weighted by Crippen LogP contribution is 2.59. The maximum Gasteiger partial charge on any atom is 0.0537 e. The number of rotatable bonds is 4. The van der Waals surface area contributed by atoms with Gasteiger partial charge in [-0.2, -0.15) is 5.10 Å². The van der Waals surface area contributed by atoms with Gasteiger partial charge in [0, 0.05) is 24.8 Å². The summed E-state index contributed by atoms with van der Waals surface area (Å²) in [6.45, 7) is 3.29. The topological polar surface area (TPSA) is 29.9 Å². The molecule has 110 valence electrons. The fourth-order valence-corrected chi connectivity index (χ4v) is 5.81. The van der Waals surface area contributed by atoms with Crippen LogP contribution in [0.25, 0.3) is 0 Å². The number of hydrogen-bond acceptors (Lipinski definition) is 2. The highest BCUT2D eigenvalue weighted by atomic mass is 15.2. The summed E-state index contributed by atoms with van der Waals surface area (Å²) in [7, 11) is 2.03. The zero-order valence-electron chi connectivity index (χ0n) is 12.8. The third kappa shape index (κ3) is 2.02. The van der Waals surface area contributed by atoms with E-state index in [9.17, 15) is 0 Å². The standard InChI is InChI=1S/C17H27N3/c1-3-18-17(15-9-19-20(2)10-15)16-13-5-11-4-12(7-13)8-14(16)6-11/h9-14,16-18H,3-8H2,1-2H3. The molecule has 4 saturated carbocycles. The van der Waals surface area contributed by atoms with Crippen LogP contribution in [0.5, 0.6) is 0 Å². The van der Waals surface area contributed by atoms with Gasteiger partial charge in [-0.3, -0.25) is 4.68 Å². The van der Waals surface area contributed by atoms with Gasteiger partial charge in [-0.25, -0.2) is 0 Å². The minimum absolute atomic E-state index is 0.531. The van der Waals surface area contributed by atoms with Crippen LogP contribution in [-0.2, 0) is 7.05 Å². The predicted octanol–water partition coefficient (Wildman–Crippen LogP) is 3.14. The van der Waals surface area contributed by atoms with E-state index in [-0.39, 0.29) is 0 Å². The Balaban J connectivity index is 1.63. The highest BCUT2D eigenvalue weighted by molar-refractivity contribution is 5.15. The number of nitrogens with one attached hydrogen (secondary N) is 1. The first-order chi connectivity index (χ1) is 9.74. The molecule has 0 radical (unpaired) electrons. The molecule has 1 atom stereocenters. The maximum atomic E-state index is 4.41. The molecule has 4 aliphatic carbocycles. The van der Waals surface area contributed by atoms with Gasteiger partial charge in [-0.1, -0.05) is 6.92 Å². The molecule has 5 rings (SSSR count). The molecule has 3 heteroatoms. The lowest BCUT2D eigenvalue weighted by Gasteiger charge is -2.56. The maximum absolute atomic E-state index is 4.41. The molecule has 1 aromatic rings. The summed E-state index contributed by atoms with van der Waals surface area (Å²) < 4.78 is 1.95. The number of aromatic nitrogens is 2. The quantitative estimate of drug-likeness (QED) is 0.913. The van der Waals surface area contributed by atoms with E-state index in [2.05, 4.69) is 29.7 Å². The van der Waals surface area contributed by atoms with E-state index in [0.29, 0.717) is 6.04 Å². The van der Waals surface area contributed by atoms with Gasteiger partial charge in [0.25, 0.3) is 0 Å². The van der Waals surface area contributed by atoms with Gasteiger partial charge in [0.2, 0.25) is 0 Å². The van der Waals surface area contributed by atoms with E-state index in [0.717, 1.165) is 36.1 Å². The molecule has 1 aromatic heterocycles. The lowest BCUT2D eigenvalue weighted by Crippen LogP contribution is -2.49. The van der Waals surface area contributed by atoms with Gasteiger partial charge < -0.3 is 5.32 Å². The van der Waals surface area contributed by atoms with Gasteiger partial charge in [-0.15, -0.1) is 0 Å². The van der Waals surface area contributed by atoms with Gasteiger partial charge >= 0.3 is 0 Å². The van der Waals surface area contributed by atoms with Gasteiger partial charge in [0.15, 0.2) is 0 Å². The third-order valence-electron chi connectivity index (χ3n) is 6.19. The van der Waals surface area contributed by atoms with Crippen LogP contribution < -0.4 is 5.32 Å². The molecule has 0 amide bonds. The van der Waals surface area contributed by atoms with Crippen molar-refractivity contribution < 1.29 is 0 Å². The van der Waals surface area contributed by atoms with Crippen LogP contribution in [0.2, 0.25) is 0 Å². The molecule has 0 aliphatic heterocycles. The Morgan fingerprint density at radius 3 is 2.35 bits per heavy atom. The van der Waals surface area contributed by atoms with Crippen LogP contribution in [0, 0.1) is 29.6 Å². The van der Waals surface area contributed by atoms with Gasteiger partial charge in [-0.05, 0) is 68.2 Å². The highest BCUT2D eigenvalue weighted by Gasteiger charge is 2.50. The van der Waals surface area contributed by atoms with E-state index in [4.69, 9.17) is 0 Å². The van der Waals surface area contributed by atoms with E-state index < -0.39 is 0 Å². The van der Waals surface area contributed by atoms with E-state index >= 15 is 0 Å². The molecular weight excluding hydrogens is 246 g/mol. The predicted molar refractivity (Wildman–Crippen MR) is 80.2 cm³/mol. The smallest absolute Gasteiger partial charge is 0.0537 e. The number of hydrogen-bond donors (Lipinski definition) is 1. The molecule has 4 aliphatic rings. The van der Waals surface area contributed by atoms with Crippen molar-refractivity contribution in [2.75, 3.05) is 6.54 Å². The molecule has 0 saturated heterocycles. The summed E-state index contributed by atoms with van der Waals surface area (Å²) in [5.74, 6) is 4.91. The van der Waals surface area contributed by atoms with E-state index in [1.54, 1.807) is 6.42 Å². The van der Waals surface area contributed by atoms with Crippen molar-refractivity contribution in [1.82, 2.24) is 15.1 Å². The van der Waals surface area contributed by atoms with Crippen molar-refractivity contribution in [3.05, 3.63) is 18.0 Å². The van der Waals surface area contributed by atoms with Gasteiger partial charge in [0.1, 0.15) is 0 Å². The van der Waals surface area contributed by atoms with Crippen molar-refractivity contribution >= 4 is 0 Å². The van der Waals surface area contributed by atoms with Crippen molar-refractivity contribution in [3.63, 3.8) is 0 Å². The second-order valence-electron chi connectivity index (χ2n) is 7.49. The summed E-state index contributed by atoms with van der Waals surface area (Å²) in [5.41, 5.74) is 1.41. The fraction of sp³-hybridized carbons (Fsp3) is 0.824. The van der Waals surface area contributed by atoms with Crippen molar-refractivity contribution in [3.8, 4) is 0 Å². The van der Waals surface area contributed by atoms with Crippen LogP contribution in [-0.4, -0.2) is 16.3 Å². The minimum atomic E-state index is 0.531. The average Bonchev–Trinajstić information content (AvgIpc) is 2.83. The minimum Gasteiger partial charge on any atom is -0.310 e. The Morgan fingerprint density at radius 2 is 1.85 bits per heavy atom. The molecule has 1 N–H and O–H groups in total. The van der Waals surface area contributed by atoms with Crippen LogP contribution in [0.15, 0.2) is 12.4 Å². The average molecular weight is 273 g/mol. The van der Waals surface area contributed by atoms with E-state index in [1.165, 1.54) is 31.2 Å². The molecular formula is C17H27N3. The van der Waals surface area contributed by atoms with Gasteiger partial charge in [0.05, 0.1) is 6.20 Å². The van der Waals surface area contributed by atoms with Crippen LogP contribution in [0.4, 0.5) is 0 Å². The van der Waals surface area contributed by atoms with E-state index in [1.807, 2.05) is 11.7 Å². The van der Waals surface area contributed by atoms with Crippen molar-refractivity contribution in [2.45, 2.75) is 45.1 Å². The summed E-state index contributed by atoms with van der Waals surface area (Å²) in [6.07, 6.45) is 11.8. The summed E-state index contributed by atoms with van der Waals surface area (Å²) in [4.78, 5) is 0. The fourth-order valence-electron chi connectivity index (χ4n) is 5.81. The molecule has 0 spiro atoms. The zero-order chi connectivity index (χ0) is 13.7. The molecule has 1 heterocycles. The largest absolute Gasteiger partial charge is 0.310 e. The summed E-state index contributed by atoms with van der Waals surface area (Å²) in [5, 5.41) is 8.20. The van der Waals surface area contributed by atoms with Crippen LogP contribution >= 0.6 is 0 Å². The first-order valence-electron chi connectivity index (χ1n) is 8.46.